The van der Waals surface area contributed by atoms with Crippen molar-refractivity contribution in [2.75, 3.05) is 0 Å². The molecule has 0 fully saturated rings. The molecule has 0 aromatic rings. The van der Waals surface area contributed by atoms with E-state index in [9.17, 15) is 9.59 Å². The second-order valence-corrected chi connectivity index (χ2v) is 5.01. The molecule has 0 rings (SSSR count). The van der Waals surface area contributed by atoms with E-state index in [0.29, 0.717) is 12.3 Å². The molecular weight excluding hydrogens is 247 g/mol. The van der Waals surface area contributed by atoms with Crippen LogP contribution >= 0.6 is 23.2 Å². The van der Waals surface area contributed by atoms with E-state index in [1.807, 2.05) is 0 Å². The smallest absolute Gasteiger partial charge is 0.225 e. The second kappa shape index (κ2) is 9.00. The van der Waals surface area contributed by atoms with E-state index in [2.05, 4.69) is 13.8 Å². The van der Waals surface area contributed by atoms with E-state index in [1.54, 1.807) is 0 Å². The highest BCUT2D eigenvalue weighted by Gasteiger charge is 2.22. The summed E-state index contributed by atoms with van der Waals surface area (Å²) in [6.45, 7) is 4.23. The molecule has 0 aromatic carbocycles. The predicted molar refractivity (Wildman–Crippen MR) is 67.8 cm³/mol. The summed E-state index contributed by atoms with van der Waals surface area (Å²) < 4.78 is 0. The van der Waals surface area contributed by atoms with E-state index >= 15 is 0 Å². The standard InChI is InChI=1S/C12H20Cl2O2/c1-3-5-6-9(4-2)7-10(12(14)16)8-11(13)15/h9-10H,3-8H2,1-2H3. The van der Waals surface area contributed by atoms with Gasteiger partial charge in [0.25, 0.3) is 0 Å². The minimum Gasteiger partial charge on any atom is -0.281 e. The van der Waals surface area contributed by atoms with Crippen molar-refractivity contribution in [2.45, 2.75) is 52.4 Å². The summed E-state index contributed by atoms with van der Waals surface area (Å²) in [5.41, 5.74) is 0. The lowest BCUT2D eigenvalue weighted by Crippen LogP contribution is -2.16. The van der Waals surface area contributed by atoms with Gasteiger partial charge in [0.15, 0.2) is 0 Å². The van der Waals surface area contributed by atoms with E-state index < -0.39 is 16.4 Å². The van der Waals surface area contributed by atoms with Crippen molar-refractivity contribution >= 4 is 33.7 Å². The average Bonchev–Trinajstić information content (AvgIpc) is 2.21. The number of unbranched alkanes of at least 4 members (excludes halogenated alkanes) is 1. The molecule has 0 aliphatic carbocycles. The van der Waals surface area contributed by atoms with E-state index in [-0.39, 0.29) is 6.42 Å². The first kappa shape index (κ1) is 15.9. The number of hydrogen-bond donors (Lipinski definition) is 0. The number of rotatable bonds is 9. The van der Waals surface area contributed by atoms with Gasteiger partial charge in [-0.05, 0) is 35.5 Å². The van der Waals surface area contributed by atoms with Crippen LogP contribution in [-0.2, 0) is 9.59 Å². The lowest BCUT2D eigenvalue weighted by Gasteiger charge is -2.18. The van der Waals surface area contributed by atoms with Crippen LogP contribution < -0.4 is 0 Å². The molecule has 4 heteroatoms. The topological polar surface area (TPSA) is 34.1 Å². The highest BCUT2D eigenvalue weighted by atomic mass is 35.5. The van der Waals surface area contributed by atoms with Crippen molar-refractivity contribution in [2.24, 2.45) is 11.8 Å². The third-order valence-corrected chi connectivity index (χ3v) is 3.35. The van der Waals surface area contributed by atoms with Gasteiger partial charge in [-0.1, -0.05) is 39.5 Å². The van der Waals surface area contributed by atoms with Crippen LogP contribution in [0.1, 0.15) is 52.4 Å². The van der Waals surface area contributed by atoms with Gasteiger partial charge in [0.1, 0.15) is 0 Å². The fourth-order valence-corrected chi connectivity index (χ4v) is 2.19. The van der Waals surface area contributed by atoms with Gasteiger partial charge in [0.05, 0.1) is 0 Å². The molecular formula is C12H20Cl2O2. The maximum atomic E-state index is 11.2. The monoisotopic (exact) mass is 266 g/mol. The van der Waals surface area contributed by atoms with Gasteiger partial charge < -0.3 is 0 Å². The summed E-state index contributed by atoms with van der Waals surface area (Å²) in [6, 6.07) is 0. The molecule has 0 heterocycles. The molecule has 2 unspecified atom stereocenters. The Morgan fingerprint density at radius 3 is 2.19 bits per heavy atom. The Labute approximate surface area is 108 Å². The van der Waals surface area contributed by atoms with Crippen molar-refractivity contribution < 1.29 is 9.59 Å². The van der Waals surface area contributed by atoms with Gasteiger partial charge in [0, 0.05) is 12.3 Å². The van der Waals surface area contributed by atoms with Crippen LogP contribution in [0.5, 0.6) is 0 Å². The van der Waals surface area contributed by atoms with Gasteiger partial charge >= 0.3 is 0 Å². The zero-order valence-corrected chi connectivity index (χ0v) is 11.5. The Bertz CT molecular complexity index is 229. The lowest BCUT2D eigenvalue weighted by molar-refractivity contribution is -0.120. The highest BCUT2D eigenvalue weighted by molar-refractivity contribution is 6.66. The molecule has 0 bridgehead atoms. The Balaban J connectivity index is 4.22. The molecule has 0 aliphatic heterocycles. The first-order valence-electron chi connectivity index (χ1n) is 5.88. The van der Waals surface area contributed by atoms with Crippen LogP contribution in [0.25, 0.3) is 0 Å². The van der Waals surface area contributed by atoms with Crippen molar-refractivity contribution in [1.82, 2.24) is 0 Å². The maximum absolute atomic E-state index is 11.2. The largest absolute Gasteiger partial charge is 0.281 e. The zero-order chi connectivity index (χ0) is 12.6. The normalized spacial score (nSPS) is 14.5. The minimum absolute atomic E-state index is 0.0620. The first-order chi connectivity index (χ1) is 7.51. The van der Waals surface area contributed by atoms with Crippen LogP contribution in [0.15, 0.2) is 0 Å². The summed E-state index contributed by atoms with van der Waals surface area (Å²) in [5.74, 6) is 0.0529. The SMILES string of the molecule is CCCCC(CC)CC(CC(=O)Cl)C(=O)Cl. The number of carbonyl (C=O) groups is 2. The van der Waals surface area contributed by atoms with Crippen molar-refractivity contribution in [1.29, 1.82) is 0 Å². The van der Waals surface area contributed by atoms with Crippen molar-refractivity contribution in [3.8, 4) is 0 Å². The third-order valence-electron chi connectivity index (χ3n) is 2.89. The maximum Gasteiger partial charge on any atom is 0.225 e. The summed E-state index contributed by atoms with van der Waals surface area (Å²) in [6.07, 6.45) is 5.13. The Morgan fingerprint density at radius 1 is 1.19 bits per heavy atom. The number of halogens is 2. The molecule has 94 valence electrons. The molecule has 2 nitrogen and oxygen atoms in total. The minimum atomic E-state index is -0.482. The number of carbonyl (C=O) groups excluding carboxylic acids is 2. The van der Waals surface area contributed by atoms with Crippen molar-refractivity contribution in [3.63, 3.8) is 0 Å². The quantitative estimate of drug-likeness (QED) is 0.588. The fourth-order valence-electron chi connectivity index (χ4n) is 1.83. The van der Waals surface area contributed by atoms with E-state index in [4.69, 9.17) is 23.2 Å². The zero-order valence-electron chi connectivity index (χ0n) is 9.97. The molecule has 0 N–H and O–H groups in total. The molecule has 0 radical (unpaired) electrons. The molecule has 0 saturated heterocycles. The average molecular weight is 267 g/mol. The van der Waals surface area contributed by atoms with Crippen LogP contribution in [0, 0.1) is 11.8 Å². The first-order valence-corrected chi connectivity index (χ1v) is 6.64. The van der Waals surface area contributed by atoms with Gasteiger partial charge in [-0.25, -0.2) is 0 Å². The second-order valence-electron chi connectivity index (χ2n) is 4.21. The van der Waals surface area contributed by atoms with Crippen LogP contribution in [0.2, 0.25) is 0 Å². The van der Waals surface area contributed by atoms with Gasteiger partial charge in [-0.2, -0.15) is 0 Å². The molecule has 0 saturated carbocycles. The van der Waals surface area contributed by atoms with Gasteiger partial charge in [-0.15, -0.1) is 0 Å². The van der Waals surface area contributed by atoms with Crippen LogP contribution in [0.4, 0.5) is 0 Å². The Morgan fingerprint density at radius 2 is 1.81 bits per heavy atom. The molecule has 0 amide bonds. The summed E-state index contributed by atoms with van der Waals surface area (Å²) in [5, 5.41) is -0.923. The van der Waals surface area contributed by atoms with E-state index in [0.717, 1.165) is 25.7 Å². The van der Waals surface area contributed by atoms with Crippen LogP contribution in [0.3, 0.4) is 0 Å². The Hall–Kier alpha value is -0.0800. The summed E-state index contributed by atoms with van der Waals surface area (Å²) in [7, 11) is 0. The van der Waals surface area contributed by atoms with Gasteiger partial charge in [0.2, 0.25) is 10.5 Å². The summed E-state index contributed by atoms with van der Waals surface area (Å²) in [4.78, 5) is 22.0. The van der Waals surface area contributed by atoms with Crippen molar-refractivity contribution in [3.05, 3.63) is 0 Å². The lowest BCUT2D eigenvalue weighted by atomic mass is 9.88. The molecule has 0 spiro atoms. The third kappa shape index (κ3) is 7.24. The van der Waals surface area contributed by atoms with Crippen LogP contribution in [-0.4, -0.2) is 10.5 Å². The van der Waals surface area contributed by atoms with E-state index in [1.165, 1.54) is 0 Å². The molecule has 0 aliphatic rings. The van der Waals surface area contributed by atoms with Gasteiger partial charge in [-0.3, -0.25) is 9.59 Å². The predicted octanol–water partition coefficient (Wildman–Crippen LogP) is 4.13. The highest BCUT2D eigenvalue weighted by Crippen LogP contribution is 2.25. The molecule has 2 atom stereocenters. The fraction of sp³-hybridized carbons (Fsp3) is 0.833. The molecule has 0 aromatic heterocycles. The Kier molecular flexibility index (Phi) is 8.96. The number of hydrogen-bond acceptors (Lipinski definition) is 2. The summed E-state index contributed by atoms with van der Waals surface area (Å²) >= 11 is 10.8. The molecule has 16 heavy (non-hydrogen) atoms.